The fraction of sp³-hybridized carbons (Fsp3) is 1.00. The monoisotopic (exact) mass is 106 g/mol. The molecule has 36 valence electrons. The lowest BCUT2D eigenvalue weighted by Crippen LogP contribution is -1.96. The van der Waals surface area contributed by atoms with E-state index in [1.807, 2.05) is 0 Å². The van der Waals surface area contributed by atoms with Gasteiger partial charge in [0.15, 0.2) is 0 Å². The first-order valence-electron chi connectivity index (χ1n) is 1.77. The number of thiol groups is 1. The minimum absolute atomic E-state index is 0.0185. The molecule has 2 nitrogen and oxygen atoms in total. The van der Waals surface area contributed by atoms with E-state index in [1.165, 1.54) is 0 Å². The van der Waals surface area contributed by atoms with Gasteiger partial charge in [0.1, 0.15) is 12.2 Å². The molecular weight excluding hydrogens is 100 g/mol. The van der Waals surface area contributed by atoms with Crippen molar-refractivity contribution in [1.82, 2.24) is 0 Å². The lowest BCUT2D eigenvalue weighted by atomic mass is 10.8. The Kier molecular flexibility index (Phi) is 1.34. The molecule has 1 rings (SSSR count). The molecule has 0 amide bonds. The maximum atomic E-state index is 4.79. The van der Waals surface area contributed by atoms with Crippen molar-refractivity contribution < 1.29 is 9.47 Å². The fourth-order valence-corrected chi connectivity index (χ4v) is 0.490. The molecule has 1 saturated heterocycles. The highest BCUT2D eigenvalue weighted by Crippen LogP contribution is 2.04. The molecule has 0 aromatic heterocycles. The largest absolute Gasteiger partial charge is 0.352 e. The maximum Gasteiger partial charge on any atom is 0.148 e. The van der Waals surface area contributed by atoms with Crippen molar-refractivity contribution in [2.75, 3.05) is 13.4 Å². The van der Waals surface area contributed by atoms with Gasteiger partial charge in [-0.2, -0.15) is 0 Å². The summed E-state index contributed by atoms with van der Waals surface area (Å²) in [4.78, 5) is 0. The van der Waals surface area contributed by atoms with Crippen LogP contribution in [0.15, 0.2) is 0 Å². The molecule has 0 aromatic carbocycles. The third-order valence-corrected chi connectivity index (χ3v) is 0.902. The summed E-state index contributed by atoms with van der Waals surface area (Å²) in [6.45, 7) is 1.04. The highest BCUT2D eigenvalue weighted by atomic mass is 32.1. The maximum absolute atomic E-state index is 4.79. The van der Waals surface area contributed by atoms with Gasteiger partial charge in [-0.15, -0.1) is 12.6 Å². The molecule has 0 aliphatic carbocycles. The van der Waals surface area contributed by atoms with E-state index in [4.69, 9.17) is 9.47 Å². The van der Waals surface area contributed by atoms with E-state index >= 15 is 0 Å². The highest BCUT2D eigenvalue weighted by molar-refractivity contribution is 7.80. The summed E-state index contributed by atoms with van der Waals surface area (Å²) >= 11 is 3.95. The van der Waals surface area contributed by atoms with Gasteiger partial charge in [-0.1, -0.05) is 0 Å². The Hall–Kier alpha value is 0.270. The first kappa shape index (κ1) is 4.43. The van der Waals surface area contributed by atoms with Crippen LogP contribution in [0.3, 0.4) is 0 Å². The molecule has 1 heterocycles. The van der Waals surface area contributed by atoms with Crippen molar-refractivity contribution in [1.29, 1.82) is 0 Å². The Labute approximate surface area is 41.8 Å². The third kappa shape index (κ3) is 0.864. The molecule has 1 aliphatic heterocycles. The summed E-state index contributed by atoms with van der Waals surface area (Å²) < 4.78 is 9.55. The molecule has 0 N–H and O–H groups in total. The van der Waals surface area contributed by atoms with Gasteiger partial charge in [0, 0.05) is 0 Å². The van der Waals surface area contributed by atoms with Crippen LogP contribution < -0.4 is 0 Å². The topological polar surface area (TPSA) is 18.5 Å². The van der Waals surface area contributed by atoms with E-state index in [0.717, 1.165) is 0 Å². The number of rotatable bonds is 0. The first-order valence-corrected chi connectivity index (χ1v) is 2.28. The van der Waals surface area contributed by atoms with E-state index in [-0.39, 0.29) is 5.44 Å². The van der Waals surface area contributed by atoms with Gasteiger partial charge in [0.05, 0.1) is 6.61 Å². The average Bonchev–Trinajstić information content (AvgIpc) is 1.86. The average molecular weight is 106 g/mol. The second-order valence-electron chi connectivity index (χ2n) is 1.11. The SMILES string of the molecule is SC1COCO1. The Bertz CT molecular complexity index is 42.1. The van der Waals surface area contributed by atoms with Crippen LogP contribution in [-0.2, 0) is 9.47 Å². The zero-order valence-electron chi connectivity index (χ0n) is 3.26. The standard InChI is InChI=1S/C3H6O2S/c6-3-1-4-2-5-3/h3,6H,1-2H2. The van der Waals surface area contributed by atoms with Gasteiger partial charge in [-0.05, 0) is 0 Å². The number of ether oxygens (including phenoxy) is 2. The minimum atomic E-state index is 0.0185. The van der Waals surface area contributed by atoms with Crippen LogP contribution in [0.2, 0.25) is 0 Å². The van der Waals surface area contributed by atoms with E-state index in [9.17, 15) is 0 Å². The van der Waals surface area contributed by atoms with Crippen molar-refractivity contribution in [3.63, 3.8) is 0 Å². The Morgan fingerprint density at radius 3 is 2.67 bits per heavy atom. The first-order chi connectivity index (χ1) is 2.89. The molecule has 1 aliphatic rings. The summed E-state index contributed by atoms with van der Waals surface area (Å²) in [5.41, 5.74) is 0.0185. The van der Waals surface area contributed by atoms with Crippen LogP contribution in [0.1, 0.15) is 0 Å². The van der Waals surface area contributed by atoms with E-state index in [1.54, 1.807) is 0 Å². The summed E-state index contributed by atoms with van der Waals surface area (Å²) in [7, 11) is 0. The van der Waals surface area contributed by atoms with Gasteiger partial charge < -0.3 is 9.47 Å². The second kappa shape index (κ2) is 1.82. The molecule has 0 radical (unpaired) electrons. The van der Waals surface area contributed by atoms with Crippen molar-refractivity contribution in [2.24, 2.45) is 0 Å². The zero-order chi connectivity index (χ0) is 4.41. The quantitative estimate of drug-likeness (QED) is 0.446. The predicted molar refractivity (Wildman–Crippen MR) is 24.7 cm³/mol. The van der Waals surface area contributed by atoms with E-state index < -0.39 is 0 Å². The Morgan fingerprint density at radius 2 is 2.50 bits per heavy atom. The van der Waals surface area contributed by atoms with Gasteiger partial charge >= 0.3 is 0 Å². The van der Waals surface area contributed by atoms with Crippen LogP contribution in [0, 0.1) is 0 Å². The molecule has 1 unspecified atom stereocenters. The van der Waals surface area contributed by atoms with Crippen molar-refractivity contribution in [2.45, 2.75) is 5.44 Å². The Morgan fingerprint density at radius 1 is 1.67 bits per heavy atom. The van der Waals surface area contributed by atoms with Crippen molar-refractivity contribution in [3.05, 3.63) is 0 Å². The van der Waals surface area contributed by atoms with Crippen LogP contribution in [0.25, 0.3) is 0 Å². The molecule has 1 fully saturated rings. The van der Waals surface area contributed by atoms with E-state index in [0.29, 0.717) is 13.4 Å². The molecule has 3 heteroatoms. The van der Waals surface area contributed by atoms with Gasteiger partial charge in [0.25, 0.3) is 0 Å². The fourth-order valence-electron chi connectivity index (χ4n) is 0.324. The normalized spacial score (nSPS) is 34.5. The van der Waals surface area contributed by atoms with Crippen LogP contribution in [-0.4, -0.2) is 18.8 Å². The van der Waals surface area contributed by atoms with Crippen LogP contribution >= 0.6 is 12.6 Å². The molecule has 1 atom stereocenters. The number of hydrogen-bond acceptors (Lipinski definition) is 3. The summed E-state index contributed by atoms with van der Waals surface area (Å²) in [5.74, 6) is 0. The molecule has 6 heavy (non-hydrogen) atoms. The Balaban J connectivity index is 2.18. The highest BCUT2D eigenvalue weighted by Gasteiger charge is 2.08. The minimum Gasteiger partial charge on any atom is -0.352 e. The summed E-state index contributed by atoms with van der Waals surface area (Å²) in [5, 5.41) is 0. The van der Waals surface area contributed by atoms with Crippen LogP contribution in [0.5, 0.6) is 0 Å². The van der Waals surface area contributed by atoms with E-state index in [2.05, 4.69) is 12.6 Å². The second-order valence-corrected chi connectivity index (χ2v) is 1.69. The summed E-state index contributed by atoms with van der Waals surface area (Å²) in [6, 6.07) is 0. The number of hydrogen-bond donors (Lipinski definition) is 1. The predicted octanol–water partition coefficient (Wildman–Crippen LogP) is 0.247. The van der Waals surface area contributed by atoms with Crippen molar-refractivity contribution in [3.8, 4) is 0 Å². The third-order valence-electron chi connectivity index (χ3n) is 0.604. The van der Waals surface area contributed by atoms with Gasteiger partial charge in [-0.25, -0.2) is 0 Å². The van der Waals surface area contributed by atoms with Crippen LogP contribution in [0.4, 0.5) is 0 Å². The lowest BCUT2D eigenvalue weighted by Gasteiger charge is -1.89. The molecular formula is C3H6O2S. The lowest BCUT2D eigenvalue weighted by molar-refractivity contribution is 0.0644. The summed E-state index contributed by atoms with van der Waals surface area (Å²) in [6.07, 6.45) is 0. The smallest absolute Gasteiger partial charge is 0.148 e. The van der Waals surface area contributed by atoms with Gasteiger partial charge in [0.2, 0.25) is 0 Å². The molecule has 0 aromatic rings. The van der Waals surface area contributed by atoms with Crippen molar-refractivity contribution >= 4 is 12.6 Å². The zero-order valence-corrected chi connectivity index (χ0v) is 4.15. The molecule has 0 spiro atoms. The molecule has 0 bridgehead atoms. The molecule has 0 saturated carbocycles. The van der Waals surface area contributed by atoms with Gasteiger partial charge in [-0.3, -0.25) is 0 Å².